The number of hydrogen-bond acceptors (Lipinski definition) is 4. The average molecular weight is 380 g/mol. The number of carbonyl (C=O) groups excluding carboxylic acids is 1. The number of benzene rings is 2. The van der Waals surface area contributed by atoms with Gasteiger partial charge >= 0.3 is 0 Å². The fraction of sp³-hybridized carbons (Fsp3) is 0.278. The molecule has 2 rings (SSSR count). The number of nitrogens with one attached hydrogen (secondary N) is 1. The number of sulfonamides is 1. The molecule has 0 aliphatic heterocycles. The Morgan fingerprint density at radius 3 is 2.46 bits per heavy atom. The summed E-state index contributed by atoms with van der Waals surface area (Å²) in [6.07, 6.45) is 0.0247. The molecular formula is C18H21FN2O4S. The molecule has 140 valence electrons. The Morgan fingerprint density at radius 2 is 1.77 bits per heavy atom. The van der Waals surface area contributed by atoms with E-state index >= 15 is 0 Å². The van der Waals surface area contributed by atoms with Gasteiger partial charge in [-0.3, -0.25) is 4.79 Å². The van der Waals surface area contributed by atoms with Crippen molar-refractivity contribution < 1.29 is 22.3 Å². The highest BCUT2D eigenvalue weighted by atomic mass is 32.2. The smallest absolute Gasteiger partial charge is 0.242 e. The molecule has 2 aromatic carbocycles. The third kappa shape index (κ3) is 5.03. The molecule has 2 aromatic rings. The van der Waals surface area contributed by atoms with Crippen LogP contribution < -0.4 is 10.1 Å². The van der Waals surface area contributed by atoms with Crippen LogP contribution in [0.4, 0.5) is 4.39 Å². The molecular weight excluding hydrogens is 359 g/mol. The van der Waals surface area contributed by atoms with E-state index in [2.05, 4.69) is 5.32 Å². The van der Waals surface area contributed by atoms with Crippen LogP contribution in [-0.4, -0.2) is 39.3 Å². The lowest BCUT2D eigenvalue weighted by Crippen LogP contribution is -2.27. The number of carbonyl (C=O) groups is 1. The predicted octanol–water partition coefficient (Wildman–Crippen LogP) is 2.16. The first-order valence-electron chi connectivity index (χ1n) is 7.97. The summed E-state index contributed by atoms with van der Waals surface area (Å²) in [6, 6.07) is 12.4. The lowest BCUT2D eigenvalue weighted by molar-refractivity contribution is -0.121. The lowest BCUT2D eigenvalue weighted by atomic mass is 10.2. The molecule has 0 bridgehead atoms. The van der Waals surface area contributed by atoms with E-state index < -0.39 is 15.8 Å². The summed E-state index contributed by atoms with van der Waals surface area (Å²) in [5.41, 5.74) is 0.490. The van der Waals surface area contributed by atoms with Crippen molar-refractivity contribution in [2.75, 3.05) is 20.7 Å². The third-order valence-electron chi connectivity index (χ3n) is 3.63. The summed E-state index contributed by atoms with van der Waals surface area (Å²) in [6.45, 7) is 0.0895. The Bertz CT molecular complexity index is 869. The highest BCUT2D eigenvalue weighted by Gasteiger charge is 2.20. The number of amides is 1. The van der Waals surface area contributed by atoms with E-state index in [1.54, 1.807) is 30.3 Å². The number of halogens is 1. The first kappa shape index (κ1) is 19.9. The van der Waals surface area contributed by atoms with Gasteiger partial charge in [-0.25, -0.2) is 17.1 Å². The Labute approximate surface area is 152 Å². The molecule has 0 aliphatic carbocycles. The van der Waals surface area contributed by atoms with Crippen molar-refractivity contribution in [3.8, 4) is 5.75 Å². The molecule has 0 radical (unpaired) electrons. The molecule has 0 spiro atoms. The van der Waals surface area contributed by atoms with Crippen molar-refractivity contribution in [1.82, 2.24) is 9.62 Å². The van der Waals surface area contributed by atoms with Crippen LogP contribution in [0.1, 0.15) is 12.0 Å². The summed E-state index contributed by atoms with van der Waals surface area (Å²) in [5.74, 6) is -0.725. The summed E-state index contributed by atoms with van der Waals surface area (Å²) in [5, 5.41) is 2.66. The minimum atomic E-state index is -3.60. The Hall–Kier alpha value is -2.45. The third-order valence-corrected chi connectivity index (χ3v) is 5.55. The van der Waals surface area contributed by atoms with E-state index in [1.165, 1.54) is 32.3 Å². The minimum absolute atomic E-state index is 0.0183. The molecule has 0 fully saturated rings. The molecule has 26 heavy (non-hydrogen) atoms. The molecule has 0 aromatic heterocycles. The molecule has 1 N–H and O–H groups in total. The van der Waals surface area contributed by atoms with E-state index in [9.17, 15) is 17.6 Å². The van der Waals surface area contributed by atoms with Crippen LogP contribution in [0.3, 0.4) is 0 Å². The largest absolute Gasteiger partial charge is 0.490 e. The molecule has 0 saturated carbocycles. The number of para-hydroxylation sites is 1. The maximum absolute atomic E-state index is 13.4. The topological polar surface area (TPSA) is 75.7 Å². The number of hydrogen-bond donors (Lipinski definition) is 1. The molecule has 0 atom stereocenters. The zero-order valence-electron chi connectivity index (χ0n) is 14.6. The van der Waals surface area contributed by atoms with Crippen molar-refractivity contribution in [1.29, 1.82) is 0 Å². The van der Waals surface area contributed by atoms with Gasteiger partial charge in [-0.15, -0.1) is 0 Å². The van der Waals surface area contributed by atoms with E-state index in [4.69, 9.17) is 4.74 Å². The molecule has 0 saturated heterocycles. The van der Waals surface area contributed by atoms with Crippen LogP contribution in [0.15, 0.2) is 53.4 Å². The fourth-order valence-corrected chi connectivity index (χ4v) is 3.31. The standard InChI is InChI=1S/C18H21FN2O4S/c1-21(2)26(23,24)17-10-6-3-7-14(17)13-20-18(22)11-12-25-16-9-5-4-8-15(16)19/h3-10H,11-13H2,1-2H3,(H,20,22). The van der Waals surface area contributed by atoms with Gasteiger partial charge in [-0.1, -0.05) is 30.3 Å². The first-order chi connectivity index (χ1) is 12.3. The van der Waals surface area contributed by atoms with Gasteiger partial charge in [0.1, 0.15) is 0 Å². The summed E-state index contributed by atoms with van der Waals surface area (Å²) in [7, 11) is -0.699. The van der Waals surface area contributed by atoms with Crippen LogP contribution in [0, 0.1) is 5.82 Å². The van der Waals surface area contributed by atoms with Crippen LogP contribution in [0.25, 0.3) is 0 Å². The quantitative estimate of drug-likeness (QED) is 0.762. The Morgan fingerprint density at radius 1 is 1.12 bits per heavy atom. The molecule has 6 nitrogen and oxygen atoms in total. The Kier molecular flexibility index (Phi) is 6.70. The van der Waals surface area contributed by atoms with Crippen molar-refractivity contribution in [2.45, 2.75) is 17.9 Å². The van der Waals surface area contributed by atoms with Gasteiger partial charge in [0.15, 0.2) is 11.6 Å². The van der Waals surface area contributed by atoms with Crippen molar-refractivity contribution in [3.63, 3.8) is 0 Å². The predicted molar refractivity (Wildman–Crippen MR) is 95.7 cm³/mol. The molecule has 0 heterocycles. The second kappa shape index (κ2) is 8.77. The van der Waals surface area contributed by atoms with Gasteiger partial charge in [0.2, 0.25) is 15.9 Å². The van der Waals surface area contributed by atoms with Gasteiger partial charge in [0, 0.05) is 20.6 Å². The van der Waals surface area contributed by atoms with Gasteiger partial charge in [-0.2, -0.15) is 0 Å². The van der Waals surface area contributed by atoms with Gasteiger partial charge < -0.3 is 10.1 Å². The van der Waals surface area contributed by atoms with E-state index in [0.717, 1.165) is 4.31 Å². The molecule has 8 heteroatoms. The minimum Gasteiger partial charge on any atom is -0.490 e. The van der Waals surface area contributed by atoms with Crippen LogP contribution in [0.5, 0.6) is 5.75 Å². The number of nitrogens with zero attached hydrogens (tertiary/aromatic N) is 1. The average Bonchev–Trinajstić information content (AvgIpc) is 2.61. The van der Waals surface area contributed by atoms with Gasteiger partial charge in [-0.05, 0) is 23.8 Å². The second-order valence-corrected chi connectivity index (χ2v) is 7.82. The van der Waals surface area contributed by atoms with E-state index in [0.29, 0.717) is 5.56 Å². The SMILES string of the molecule is CN(C)S(=O)(=O)c1ccccc1CNC(=O)CCOc1ccccc1F. The summed E-state index contributed by atoms with van der Waals surface area (Å²) < 4.78 is 44.4. The maximum atomic E-state index is 13.4. The normalized spacial score (nSPS) is 11.4. The number of rotatable bonds is 8. The van der Waals surface area contributed by atoms with E-state index in [-0.39, 0.29) is 36.1 Å². The van der Waals surface area contributed by atoms with E-state index in [1.807, 2.05) is 0 Å². The molecule has 0 aliphatic rings. The van der Waals surface area contributed by atoms with Gasteiger partial charge in [0.05, 0.1) is 17.9 Å². The maximum Gasteiger partial charge on any atom is 0.242 e. The monoisotopic (exact) mass is 380 g/mol. The summed E-state index contributed by atoms with van der Waals surface area (Å²) in [4.78, 5) is 12.1. The van der Waals surface area contributed by atoms with Crippen LogP contribution in [-0.2, 0) is 21.4 Å². The molecule has 0 unspecified atom stereocenters. The van der Waals surface area contributed by atoms with Crippen molar-refractivity contribution >= 4 is 15.9 Å². The lowest BCUT2D eigenvalue weighted by Gasteiger charge is -2.15. The first-order valence-corrected chi connectivity index (χ1v) is 9.41. The summed E-state index contributed by atoms with van der Waals surface area (Å²) >= 11 is 0. The zero-order chi connectivity index (χ0) is 19.2. The zero-order valence-corrected chi connectivity index (χ0v) is 15.4. The number of ether oxygens (including phenoxy) is 1. The van der Waals surface area contributed by atoms with Crippen molar-refractivity contribution in [2.24, 2.45) is 0 Å². The second-order valence-electron chi connectivity index (χ2n) is 5.70. The molecule has 1 amide bonds. The Balaban J connectivity index is 1.91. The van der Waals surface area contributed by atoms with Crippen LogP contribution >= 0.6 is 0 Å². The highest BCUT2D eigenvalue weighted by molar-refractivity contribution is 7.89. The van der Waals surface area contributed by atoms with Crippen LogP contribution in [0.2, 0.25) is 0 Å². The fourth-order valence-electron chi connectivity index (χ4n) is 2.20. The highest BCUT2D eigenvalue weighted by Crippen LogP contribution is 2.18. The van der Waals surface area contributed by atoms with Gasteiger partial charge in [0.25, 0.3) is 0 Å². The van der Waals surface area contributed by atoms with Crippen molar-refractivity contribution in [3.05, 3.63) is 59.9 Å².